The summed E-state index contributed by atoms with van der Waals surface area (Å²) < 4.78 is 13.6. The van der Waals surface area contributed by atoms with Gasteiger partial charge in [-0.25, -0.2) is 4.39 Å². The lowest BCUT2D eigenvalue weighted by Gasteiger charge is -2.30. The quantitative estimate of drug-likeness (QED) is 0.738. The van der Waals surface area contributed by atoms with E-state index in [4.69, 9.17) is 5.26 Å². The van der Waals surface area contributed by atoms with Crippen LogP contribution in [0.1, 0.15) is 49.3 Å². The van der Waals surface area contributed by atoms with Gasteiger partial charge in [0.05, 0.1) is 5.56 Å². The maximum absolute atomic E-state index is 13.6. The zero-order chi connectivity index (χ0) is 13.4. The fraction of sp³-hybridized carbons (Fsp3) is 0.588. The maximum atomic E-state index is 13.6. The lowest BCUT2D eigenvalue weighted by Crippen LogP contribution is -2.21. The topological polar surface area (TPSA) is 23.8 Å². The molecule has 2 heteroatoms. The summed E-state index contributed by atoms with van der Waals surface area (Å²) in [5.41, 5.74) is 2.55. The van der Waals surface area contributed by atoms with Gasteiger partial charge in [0.25, 0.3) is 0 Å². The van der Waals surface area contributed by atoms with Crippen LogP contribution in [0.2, 0.25) is 0 Å². The summed E-state index contributed by atoms with van der Waals surface area (Å²) in [7, 11) is 0. The molecule has 2 aliphatic rings. The van der Waals surface area contributed by atoms with Crippen LogP contribution in [-0.4, -0.2) is 0 Å². The number of fused-ring (bicyclic) bond motifs is 1. The Morgan fingerprint density at radius 3 is 2.32 bits per heavy atom. The number of benzene rings is 1. The molecule has 0 amide bonds. The van der Waals surface area contributed by atoms with Gasteiger partial charge in [0.2, 0.25) is 0 Å². The monoisotopic (exact) mass is 257 g/mol. The summed E-state index contributed by atoms with van der Waals surface area (Å²) in [6.45, 7) is 2.34. The van der Waals surface area contributed by atoms with Crippen molar-refractivity contribution in [1.82, 2.24) is 0 Å². The van der Waals surface area contributed by atoms with E-state index in [0.29, 0.717) is 5.92 Å². The molecule has 1 unspecified atom stereocenters. The van der Waals surface area contributed by atoms with Gasteiger partial charge in [-0.05, 0) is 66.7 Å². The van der Waals surface area contributed by atoms with Gasteiger partial charge < -0.3 is 0 Å². The first-order valence-corrected chi connectivity index (χ1v) is 7.38. The van der Waals surface area contributed by atoms with Crippen LogP contribution >= 0.6 is 0 Å². The van der Waals surface area contributed by atoms with Crippen LogP contribution < -0.4 is 0 Å². The number of hydrogen-bond acceptors (Lipinski definition) is 1. The SMILES string of the molecule is CC1CCC(C2Cc3cc(F)c(C#N)cc3C2)CC1. The van der Waals surface area contributed by atoms with E-state index in [1.54, 1.807) is 12.1 Å². The molecular formula is C17H20FN. The third-order valence-corrected chi connectivity index (χ3v) is 5.10. The van der Waals surface area contributed by atoms with Gasteiger partial charge in [-0.15, -0.1) is 0 Å². The van der Waals surface area contributed by atoms with Crippen molar-refractivity contribution in [3.05, 3.63) is 34.6 Å². The molecule has 0 radical (unpaired) electrons. The van der Waals surface area contributed by atoms with Crippen LogP contribution in [0.25, 0.3) is 0 Å². The number of hydrogen-bond donors (Lipinski definition) is 0. The molecule has 2 aliphatic carbocycles. The Kier molecular flexibility index (Phi) is 3.31. The number of nitriles is 1. The minimum Gasteiger partial charge on any atom is -0.206 e. The molecular weight excluding hydrogens is 237 g/mol. The van der Waals surface area contributed by atoms with Gasteiger partial charge in [-0.1, -0.05) is 19.8 Å². The molecule has 1 aromatic rings. The number of rotatable bonds is 1. The highest BCUT2D eigenvalue weighted by atomic mass is 19.1. The summed E-state index contributed by atoms with van der Waals surface area (Å²) >= 11 is 0. The second-order valence-corrected chi connectivity index (χ2v) is 6.40. The predicted octanol–water partition coefficient (Wildman–Crippen LogP) is 4.24. The van der Waals surface area contributed by atoms with E-state index in [-0.39, 0.29) is 11.4 Å². The number of nitrogens with zero attached hydrogens (tertiary/aromatic N) is 1. The van der Waals surface area contributed by atoms with E-state index in [2.05, 4.69) is 6.92 Å². The first-order valence-electron chi connectivity index (χ1n) is 7.38. The highest BCUT2D eigenvalue weighted by Crippen LogP contribution is 2.40. The smallest absolute Gasteiger partial charge is 0.141 e. The van der Waals surface area contributed by atoms with Crippen LogP contribution in [0.5, 0.6) is 0 Å². The second kappa shape index (κ2) is 4.96. The van der Waals surface area contributed by atoms with Crippen LogP contribution in [0.15, 0.2) is 12.1 Å². The van der Waals surface area contributed by atoms with Gasteiger partial charge in [-0.2, -0.15) is 5.26 Å². The summed E-state index contributed by atoms with van der Waals surface area (Å²) in [5, 5.41) is 8.90. The predicted molar refractivity (Wildman–Crippen MR) is 73.1 cm³/mol. The maximum Gasteiger partial charge on any atom is 0.141 e. The van der Waals surface area contributed by atoms with Crippen molar-refractivity contribution in [2.75, 3.05) is 0 Å². The lowest BCUT2D eigenvalue weighted by atomic mass is 9.75. The molecule has 0 N–H and O–H groups in total. The Bertz CT molecular complexity index is 521. The average molecular weight is 257 g/mol. The largest absolute Gasteiger partial charge is 0.206 e. The Balaban J connectivity index is 1.75. The third-order valence-electron chi connectivity index (χ3n) is 5.10. The third kappa shape index (κ3) is 2.39. The molecule has 100 valence electrons. The first-order chi connectivity index (χ1) is 9.17. The van der Waals surface area contributed by atoms with Crippen molar-refractivity contribution in [3.63, 3.8) is 0 Å². The van der Waals surface area contributed by atoms with E-state index >= 15 is 0 Å². The van der Waals surface area contributed by atoms with Crippen molar-refractivity contribution in [2.24, 2.45) is 17.8 Å². The summed E-state index contributed by atoms with van der Waals surface area (Å²) in [5.74, 6) is 2.01. The molecule has 1 saturated carbocycles. The molecule has 0 saturated heterocycles. The minimum absolute atomic E-state index is 0.205. The van der Waals surface area contributed by atoms with Crippen LogP contribution in [-0.2, 0) is 12.8 Å². The summed E-state index contributed by atoms with van der Waals surface area (Å²) in [6.07, 6.45) is 7.39. The molecule has 1 nitrogen and oxygen atoms in total. The van der Waals surface area contributed by atoms with E-state index < -0.39 is 0 Å². The molecule has 1 aromatic carbocycles. The fourth-order valence-corrected chi connectivity index (χ4v) is 3.85. The van der Waals surface area contributed by atoms with Gasteiger partial charge in [-0.3, -0.25) is 0 Å². The minimum atomic E-state index is -0.348. The Morgan fingerprint density at radius 1 is 1.05 bits per heavy atom. The van der Waals surface area contributed by atoms with E-state index in [1.165, 1.54) is 31.2 Å². The van der Waals surface area contributed by atoms with Gasteiger partial charge in [0.1, 0.15) is 11.9 Å². The van der Waals surface area contributed by atoms with Crippen molar-refractivity contribution in [1.29, 1.82) is 5.26 Å². The van der Waals surface area contributed by atoms with Gasteiger partial charge in [0, 0.05) is 0 Å². The van der Waals surface area contributed by atoms with E-state index in [9.17, 15) is 4.39 Å². The van der Waals surface area contributed by atoms with E-state index in [1.807, 2.05) is 6.07 Å². The van der Waals surface area contributed by atoms with E-state index in [0.717, 1.165) is 30.2 Å². The zero-order valence-electron chi connectivity index (χ0n) is 11.5. The highest BCUT2D eigenvalue weighted by Gasteiger charge is 2.31. The molecule has 19 heavy (non-hydrogen) atoms. The zero-order valence-corrected chi connectivity index (χ0v) is 11.5. The Morgan fingerprint density at radius 2 is 1.68 bits per heavy atom. The molecule has 0 spiro atoms. The van der Waals surface area contributed by atoms with Gasteiger partial charge >= 0.3 is 0 Å². The van der Waals surface area contributed by atoms with Crippen LogP contribution in [0, 0.1) is 34.9 Å². The summed E-state index contributed by atoms with van der Waals surface area (Å²) in [4.78, 5) is 0. The Hall–Kier alpha value is -1.36. The molecule has 0 aliphatic heterocycles. The molecule has 0 aromatic heterocycles. The normalized spacial score (nSPS) is 29.8. The second-order valence-electron chi connectivity index (χ2n) is 6.40. The molecule has 1 fully saturated rings. The summed E-state index contributed by atoms with van der Waals surface area (Å²) in [6, 6.07) is 5.32. The number of halogens is 1. The van der Waals surface area contributed by atoms with Crippen molar-refractivity contribution >= 4 is 0 Å². The average Bonchev–Trinajstić information content (AvgIpc) is 2.81. The van der Waals surface area contributed by atoms with Crippen molar-refractivity contribution in [2.45, 2.75) is 45.4 Å². The molecule has 1 atom stereocenters. The highest BCUT2D eigenvalue weighted by molar-refractivity contribution is 5.42. The first kappa shape index (κ1) is 12.7. The van der Waals surface area contributed by atoms with Crippen LogP contribution in [0.4, 0.5) is 4.39 Å². The van der Waals surface area contributed by atoms with Gasteiger partial charge in [0.15, 0.2) is 0 Å². The Labute approximate surface area is 114 Å². The van der Waals surface area contributed by atoms with Crippen molar-refractivity contribution < 1.29 is 4.39 Å². The standard InChI is InChI=1S/C17H20FN/c1-11-2-4-12(5-3-11)13-6-14-8-16(10-19)17(18)9-15(14)7-13/h8-9,11-13H,2-7H2,1H3. The fourth-order valence-electron chi connectivity index (χ4n) is 3.85. The molecule has 0 heterocycles. The molecule has 3 rings (SSSR count). The lowest BCUT2D eigenvalue weighted by molar-refractivity contribution is 0.217. The van der Waals surface area contributed by atoms with Crippen molar-refractivity contribution in [3.8, 4) is 6.07 Å². The van der Waals surface area contributed by atoms with Crippen LogP contribution in [0.3, 0.4) is 0 Å². The molecule has 0 bridgehead atoms.